The molecule has 108 valence electrons. The van der Waals surface area contributed by atoms with E-state index in [2.05, 4.69) is 44.6 Å². The second kappa shape index (κ2) is 5.23. The number of aryl methyl sites for hydroxylation is 2. The molecule has 0 radical (unpaired) electrons. The van der Waals surface area contributed by atoms with E-state index < -0.39 is 0 Å². The molecule has 0 fully saturated rings. The SMILES string of the molecule is NCc1c(-c2ccc(Br)cc2)nc2sc3c(n12)CCCC3. The van der Waals surface area contributed by atoms with Crippen LogP contribution in [0.3, 0.4) is 0 Å². The molecule has 3 nitrogen and oxygen atoms in total. The van der Waals surface area contributed by atoms with Gasteiger partial charge in [-0.05, 0) is 37.8 Å². The highest BCUT2D eigenvalue weighted by atomic mass is 79.9. The summed E-state index contributed by atoms with van der Waals surface area (Å²) < 4.78 is 3.40. The second-order valence-electron chi connectivity index (χ2n) is 5.42. The zero-order valence-electron chi connectivity index (χ0n) is 11.6. The molecule has 3 aromatic rings. The summed E-state index contributed by atoms with van der Waals surface area (Å²) in [5.41, 5.74) is 10.8. The predicted molar refractivity (Wildman–Crippen MR) is 90.7 cm³/mol. The highest BCUT2D eigenvalue weighted by molar-refractivity contribution is 9.10. The Balaban J connectivity index is 1.94. The van der Waals surface area contributed by atoms with Crippen molar-refractivity contribution < 1.29 is 0 Å². The van der Waals surface area contributed by atoms with Crippen molar-refractivity contribution in [3.8, 4) is 11.3 Å². The molecule has 1 aromatic carbocycles. The van der Waals surface area contributed by atoms with Crippen LogP contribution < -0.4 is 5.73 Å². The van der Waals surface area contributed by atoms with Crippen LogP contribution in [0.1, 0.15) is 29.1 Å². The molecule has 21 heavy (non-hydrogen) atoms. The molecule has 5 heteroatoms. The van der Waals surface area contributed by atoms with Gasteiger partial charge in [0.2, 0.25) is 0 Å². The molecular formula is C16H16BrN3S. The van der Waals surface area contributed by atoms with Gasteiger partial charge in [0.25, 0.3) is 0 Å². The lowest BCUT2D eigenvalue weighted by molar-refractivity contribution is 0.670. The van der Waals surface area contributed by atoms with Crippen molar-refractivity contribution in [2.75, 3.05) is 0 Å². The molecule has 2 aromatic heterocycles. The average Bonchev–Trinajstić information content (AvgIpc) is 3.03. The Morgan fingerprint density at radius 3 is 2.71 bits per heavy atom. The number of nitrogens with zero attached hydrogens (tertiary/aromatic N) is 2. The van der Waals surface area contributed by atoms with Crippen molar-refractivity contribution in [1.82, 2.24) is 9.38 Å². The number of benzene rings is 1. The van der Waals surface area contributed by atoms with Gasteiger partial charge in [0.15, 0.2) is 4.96 Å². The molecule has 0 spiro atoms. The lowest BCUT2D eigenvalue weighted by Gasteiger charge is -2.12. The molecule has 0 saturated heterocycles. The number of fused-ring (bicyclic) bond motifs is 3. The third-order valence-corrected chi connectivity index (χ3v) is 5.80. The Hall–Kier alpha value is -1.17. The minimum Gasteiger partial charge on any atom is -0.325 e. The number of imidazole rings is 1. The molecule has 0 atom stereocenters. The summed E-state index contributed by atoms with van der Waals surface area (Å²) in [5, 5.41) is 0. The second-order valence-corrected chi connectivity index (χ2v) is 7.39. The van der Waals surface area contributed by atoms with Crippen LogP contribution >= 0.6 is 27.3 Å². The summed E-state index contributed by atoms with van der Waals surface area (Å²) in [4.78, 5) is 7.47. The van der Waals surface area contributed by atoms with E-state index in [4.69, 9.17) is 10.7 Å². The molecule has 1 aliphatic carbocycles. The van der Waals surface area contributed by atoms with Gasteiger partial charge in [-0.1, -0.05) is 28.1 Å². The first-order chi connectivity index (χ1) is 10.3. The van der Waals surface area contributed by atoms with Gasteiger partial charge in [-0.15, -0.1) is 11.3 Å². The Morgan fingerprint density at radius 2 is 1.95 bits per heavy atom. The fourth-order valence-electron chi connectivity index (χ4n) is 3.12. The highest BCUT2D eigenvalue weighted by Crippen LogP contribution is 2.35. The van der Waals surface area contributed by atoms with Crippen LogP contribution in [0.15, 0.2) is 28.7 Å². The van der Waals surface area contributed by atoms with Crippen LogP contribution in [0.4, 0.5) is 0 Å². The van der Waals surface area contributed by atoms with Gasteiger partial charge in [-0.3, -0.25) is 4.40 Å². The Bertz CT molecular complexity index is 801. The first-order valence-corrected chi connectivity index (χ1v) is 8.87. The number of hydrogen-bond acceptors (Lipinski definition) is 3. The van der Waals surface area contributed by atoms with Crippen LogP contribution in [0.2, 0.25) is 0 Å². The fraction of sp³-hybridized carbons (Fsp3) is 0.312. The lowest BCUT2D eigenvalue weighted by Crippen LogP contribution is -2.08. The fourth-order valence-corrected chi connectivity index (χ4v) is 4.61. The normalized spacial score (nSPS) is 14.6. The molecular weight excluding hydrogens is 346 g/mol. The largest absolute Gasteiger partial charge is 0.325 e. The first-order valence-electron chi connectivity index (χ1n) is 7.26. The molecule has 0 bridgehead atoms. The number of aromatic nitrogens is 2. The van der Waals surface area contributed by atoms with Crippen molar-refractivity contribution in [2.24, 2.45) is 5.73 Å². The third-order valence-electron chi connectivity index (χ3n) is 4.13. The Labute approximate surface area is 135 Å². The monoisotopic (exact) mass is 361 g/mol. The number of rotatable bonds is 2. The molecule has 2 heterocycles. The maximum absolute atomic E-state index is 6.06. The van der Waals surface area contributed by atoms with E-state index in [0.29, 0.717) is 6.54 Å². The van der Waals surface area contributed by atoms with Crippen molar-refractivity contribution >= 4 is 32.2 Å². The minimum atomic E-state index is 0.524. The van der Waals surface area contributed by atoms with Gasteiger partial charge < -0.3 is 5.73 Å². The summed E-state index contributed by atoms with van der Waals surface area (Å²) in [7, 11) is 0. The van der Waals surface area contributed by atoms with E-state index in [1.807, 2.05) is 11.3 Å². The van der Waals surface area contributed by atoms with Gasteiger partial charge in [0.05, 0.1) is 11.4 Å². The van der Waals surface area contributed by atoms with Crippen molar-refractivity contribution in [3.05, 3.63) is 45.0 Å². The van der Waals surface area contributed by atoms with Crippen LogP contribution in [-0.4, -0.2) is 9.38 Å². The van der Waals surface area contributed by atoms with Crippen LogP contribution in [0.25, 0.3) is 16.2 Å². The summed E-state index contributed by atoms with van der Waals surface area (Å²) in [6, 6.07) is 8.31. The lowest BCUT2D eigenvalue weighted by atomic mass is 10.0. The topological polar surface area (TPSA) is 43.3 Å². The van der Waals surface area contributed by atoms with Crippen molar-refractivity contribution in [2.45, 2.75) is 32.2 Å². The third kappa shape index (κ3) is 2.15. The van der Waals surface area contributed by atoms with Crippen LogP contribution in [0, 0.1) is 0 Å². The van der Waals surface area contributed by atoms with E-state index in [1.54, 1.807) is 0 Å². The summed E-state index contributed by atoms with van der Waals surface area (Å²) in [6.07, 6.45) is 4.92. The van der Waals surface area contributed by atoms with Crippen molar-refractivity contribution in [3.63, 3.8) is 0 Å². The summed E-state index contributed by atoms with van der Waals surface area (Å²) in [6.45, 7) is 0.524. The number of thiazole rings is 1. The molecule has 1 aliphatic rings. The quantitative estimate of drug-likeness (QED) is 0.744. The standard InChI is InChI=1S/C16H16BrN3S/c17-11-7-5-10(6-8-11)15-13(9-18)20-12-3-1-2-4-14(12)21-16(20)19-15/h5-8H,1-4,9,18H2. The molecule has 0 aliphatic heterocycles. The van der Waals surface area contributed by atoms with Crippen LogP contribution in [0.5, 0.6) is 0 Å². The maximum Gasteiger partial charge on any atom is 0.194 e. The average molecular weight is 362 g/mol. The zero-order valence-corrected chi connectivity index (χ0v) is 14.0. The molecule has 0 unspecified atom stereocenters. The highest BCUT2D eigenvalue weighted by Gasteiger charge is 2.22. The van der Waals surface area contributed by atoms with Gasteiger partial charge in [-0.2, -0.15) is 0 Å². The number of halogens is 1. The maximum atomic E-state index is 6.06. The smallest absolute Gasteiger partial charge is 0.194 e. The number of nitrogens with two attached hydrogens (primary N) is 1. The first kappa shape index (κ1) is 13.5. The molecule has 2 N–H and O–H groups in total. The minimum absolute atomic E-state index is 0.524. The molecule has 4 rings (SSSR count). The molecule has 0 amide bonds. The van der Waals surface area contributed by atoms with Gasteiger partial charge >= 0.3 is 0 Å². The summed E-state index contributed by atoms with van der Waals surface area (Å²) in [5.74, 6) is 0. The van der Waals surface area contributed by atoms with E-state index in [-0.39, 0.29) is 0 Å². The number of hydrogen-bond donors (Lipinski definition) is 1. The van der Waals surface area contributed by atoms with Crippen molar-refractivity contribution in [1.29, 1.82) is 0 Å². The van der Waals surface area contributed by atoms with E-state index >= 15 is 0 Å². The van der Waals surface area contributed by atoms with Crippen LogP contribution in [-0.2, 0) is 19.4 Å². The van der Waals surface area contributed by atoms with E-state index in [1.165, 1.54) is 29.8 Å². The Kier molecular flexibility index (Phi) is 3.36. The van der Waals surface area contributed by atoms with E-state index in [9.17, 15) is 0 Å². The predicted octanol–water partition coefficient (Wildman–Crippen LogP) is 4.16. The summed E-state index contributed by atoms with van der Waals surface area (Å²) >= 11 is 5.32. The zero-order chi connectivity index (χ0) is 14.4. The van der Waals surface area contributed by atoms with Gasteiger partial charge in [-0.25, -0.2) is 4.98 Å². The molecule has 0 saturated carbocycles. The van der Waals surface area contributed by atoms with Gasteiger partial charge in [0, 0.05) is 27.2 Å². The van der Waals surface area contributed by atoms with E-state index in [0.717, 1.165) is 32.8 Å². The van der Waals surface area contributed by atoms with Gasteiger partial charge in [0.1, 0.15) is 0 Å². The Morgan fingerprint density at radius 1 is 1.19 bits per heavy atom.